The molecule has 0 amide bonds. The van der Waals surface area contributed by atoms with E-state index in [1.807, 2.05) is 24.3 Å². The van der Waals surface area contributed by atoms with Gasteiger partial charge >= 0.3 is 0 Å². The molecule has 108 valence electrons. The lowest BCUT2D eigenvalue weighted by molar-refractivity contribution is 0.0965. The summed E-state index contributed by atoms with van der Waals surface area (Å²) in [6, 6.07) is 15.6. The van der Waals surface area contributed by atoms with E-state index in [4.69, 9.17) is 9.47 Å². The molecule has 1 fully saturated rings. The Labute approximate surface area is 124 Å². The summed E-state index contributed by atoms with van der Waals surface area (Å²) in [7, 11) is 3.17. The molecular weight excluding hydrogens is 264 g/mol. The number of hydrogen-bond donors (Lipinski definition) is 0. The lowest BCUT2D eigenvalue weighted by atomic mass is 10.0. The van der Waals surface area contributed by atoms with E-state index < -0.39 is 0 Å². The van der Waals surface area contributed by atoms with Crippen molar-refractivity contribution in [3.05, 3.63) is 59.7 Å². The van der Waals surface area contributed by atoms with Crippen molar-refractivity contribution < 1.29 is 14.3 Å². The predicted octanol–water partition coefficient (Wildman–Crippen LogP) is 3.69. The first-order valence-electron chi connectivity index (χ1n) is 7.05. The van der Waals surface area contributed by atoms with Gasteiger partial charge in [-0.1, -0.05) is 30.3 Å². The molecule has 3 heteroatoms. The zero-order valence-electron chi connectivity index (χ0n) is 12.2. The normalized spacial score (nSPS) is 19.9. The molecule has 2 aromatic carbocycles. The van der Waals surface area contributed by atoms with E-state index in [0.717, 1.165) is 6.42 Å². The third-order valence-corrected chi connectivity index (χ3v) is 4.02. The first-order valence-corrected chi connectivity index (χ1v) is 7.05. The Morgan fingerprint density at radius 2 is 1.71 bits per heavy atom. The largest absolute Gasteiger partial charge is 0.493 e. The van der Waals surface area contributed by atoms with Crippen LogP contribution in [0, 0.1) is 5.92 Å². The van der Waals surface area contributed by atoms with Gasteiger partial charge < -0.3 is 9.47 Å². The van der Waals surface area contributed by atoms with Gasteiger partial charge in [-0.15, -0.1) is 0 Å². The van der Waals surface area contributed by atoms with E-state index >= 15 is 0 Å². The second-order valence-corrected chi connectivity index (χ2v) is 5.29. The minimum atomic E-state index is 0.0884. The monoisotopic (exact) mass is 282 g/mol. The fourth-order valence-corrected chi connectivity index (χ4v) is 2.76. The molecule has 0 N–H and O–H groups in total. The summed E-state index contributed by atoms with van der Waals surface area (Å²) < 4.78 is 10.5. The number of rotatable bonds is 5. The number of methoxy groups -OCH3 is 2. The lowest BCUT2D eigenvalue weighted by Crippen LogP contribution is -2.04. The molecule has 0 bridgehead atoms. The summed E-state index contributed by atoms with van der Waals surface area (Å²) in [5.41, 5.74) is 1.94. The zero-order chi connectivity index (χ0) is 14.8. The second-order valence-electron chi connectivity index (χ2n) is 5.29. The van der Waals surface area contributed by atoms with Crippen molar-refractivity contribution in [3.63, 3.8) is 0 Å². The Morgan fingerprint density at radius 3 is 2.38 bits per heavy atom. The van der Waals surface area contributed by atoms with Gasteiger partial charge in [0.1, 0.15) is 0 Å². The van der Waals surface area contributed by atoms with E-state index in [-0.39, 0.29) is 11.7 Å². The molecular formula is C18H18O3. The van der Waals surface area contributed by atoms with Crippen LogP contribution in [0.5, 0.6) is 11.5 Å². The van der Waals surface area contributed by atoms with E-state index in [1.54, 1.807) is 26.4 Å². The molecule has 0 saturated heterocycles. The third-order valence-electron chi connectivity index (χ3n) is 4.02. The SMILES string of the molecule is COc1ccc(C(=O)C2CC2c2ccccc2)cc1OC. The molecule has 0 aromatic heterocycles. The molecule has 2 unspecified atom stereocenters. The highest BCUT2D eigenvalue weighted by Gasteiger charge is 2.44. The number of Topliss-reactive ketones (excluding diaryl/α,β-unsaturated/α-hetero) is 1. The molecule has 3 nitrogen and oxygen atoms in total. The Bertz CT molecular complexity index is 649. The molecule has 0 heterocycles. The quantitative estimate of drug-likeness (QED) is 0.785. The number of carbonyl (C=O) groups excluding carboxylic acids is 1. The maximum absolute atomic E-state index is 12.6. The smallest absolute Gasteiger partial charge is 0.166 e. The minimum absolute atomic E-state index is 0.0884. The number of ether oxygens (including phenoxy) is 2. The number of carbonyl (C=O) groups is 1. The Kier molecular flexibility index (Phi) is 3.65. The molecule has 1 aliphatic rings. The Morgan fingerprint density at radius 1 is 1.00 bits per heavy atom. The summed E-state index contributed by atoms with van der Waals surface area (Å²) in [5.74, 6) is 1.87. The predicted molar refractivity (Wildman–Crippen MR) is 81.2 cm³/mol. The van der Waals surface area contributed by atoms with Gasteiger partial charge in [-0.2, -0.15) is 0 Å². The van der Waals surface area contributed by atoms with Crippen molar-refractivity contribution >= 4 is 5.78 Å². The highest BCUT2D eigenvalue weighted by atomic mass is 16.5. The van der Waals surface area contributed by atoms with Crippen molar-refractivity contribution in [2.75, 3.05) is 14.2 Å². The summed E-state index contributed by atoms with van der Waals surface area (Å²) in [6.45, 7) is 0. The average Bonchev–Trinajstić information content (AvgIpc) is 3.35. The van der Waals surface area contributed by atoms with Crippen LogP contribution in [-0.4, -0.2) is 20.0 Å². The van der Waals surface area contributed by atoms with Gasteiger partial charge in [0.05, 0.1) is 14.2 Å². The fourth-order valence-electron chi connectivity index (χ4n) is 2.76. The second kappa shape index (κ2) is 5.60. The van der Waals surface area contributed by atoms with Gasteiger partial charge in [-0.25, -0.2) is 0 Å². The van der Waals surface area contributed by atoms with Crippen LogP contribution < -0.4 is 9.47 Å². The summed E-state index contributed by atoms with van der Waals surface area (Å²) >= 11 is 0. The molecule has 2 atom stereocenters. The first kappa shape index (κ1) is 13.7. The van der Waals surface area contributed by atoms with Crippen LogP contribution in [0.15, 0.2) is 48.5 Å². The van der Waals surface area contributed by atoms with Gasteiger partial charge in [0.15, 0.2) is 17.3 Å². The summed E-state index contributed by atoms with van der Waals surface area (Å²) in [5, 5.41) is 0. The number of ketones is 1. The van der Waals surface area contributed by atoms with Gasteiger partial charge in [0.25, 0.3) is 0 Å². The molecule has 3 rings (SSSR count). The third kappa shape index (κ3) is 2.64. The highest BCUT2D eigenvalue weighted by Crippen LogP contribution is 2.49. The van der Waals surface area contributed by atoms with Crippen LogP contribution in [0.1, 0.15) is 28.3 Å². The van der Waals surface area contributed by atoms with E-state index in [1.165, 1.54) is 5.56 Å². The highest BCUT2D eigenvalue weighted by molar-refractivity contribution is 6.00. The van der Waals surface area contributed by atoms with Crippen molar-refractivity contribution in [2.24, 2.45) is 5.92 Å². The van der Waals surface area contributed by atoms with Gasteiger partial charge in [0.2, 0.25) is 0 Å². The Balaban J connectivity index is 1.78. The van der Waals surface area contributed by atoms with E-state index in [9.17, 15) is 4.79 Å². The van der Waals surface area contributed by atoms with Crippen LogP contribution in [0.25, 0.3) is 0 Å². The van der Waals surface area contributed by atoms with Crippen LogP contribution >= 0.6 is 0 Å². The summed E-state index contributed by atoms with van der Waals surface area (Å²) in [4.78, 5) is 12.6. The Hall–Kier alpha value is -2.29. The zero-order valence-corrected chi connectivity index (χ0v) is 12.2. The molecule has 1 saturated carbocycles. The van der Waals surface area contributed by atoms with Crippen LogP contribution in [0.4, 0.5) is 0 Å². The minimum Gasteiger partial charge on any atom is -0.493 e. The molecule has 0 aliphatic heterocycles. The number of benzene rings is 2. The maximum atomic E-state index is 12.6. The van der Waals surface area contributed by atoms with Gasteiger partial charge in [0, 0.05) is 11.5 Å². The van der Waals surface area contributed by atoms with Crippen molar-refractivity contribution in [3.8, 4) is 11.5 Å². The topological polar surface area (TPSA) is 35.5 Å². The lowest BCUT2D eigenvalue weighted by Gasteiger charge is -2.09. The average molecular weight is 282 g/mol. The maximum Gasteiger partial charge on any atom is 0.166 e. The van der Waals surface area contributed by atoms with Crippen molar-refractivity contribution in [1.29, 1.82) is 0 Å². The first-order chi connectivity index (χ1) is 10.2. The van der Waals surface area contributed by atoms with E-state index in [2.05, 4.69) is 12.1 Å². The van der Waals surface area contributed by atoms with Gasteiger partial charge in [-0.3, -0.25) is 4.79 Å². The number of hydrogen-bond acceptors (Lipinski definition) is 3. The molecule has 2 aromatic rings. The molecule has 21 heavy (non-hydrogen) atoms. The summed E-state index contributed by atoms with van der Waals surface area (Å²) in [6.07, 6.45) is 0.928. The van der Waals surface area contributed by atoms with Crippen molar-refractivity contribution in [1.82, 2.24) is 0 Å². The molecule has 0 spiro atoms. The molecule has 0 radical (unpaired) electrons. The molecule has 1 aliphatic carbocycles. The van der Waals surface area contributed by atoms with Crippen LogP contribution in [0.2, 0.25) is 0 Å². The standard InChI is InChI=1S/C18H18O3/c1-20-16-9-8-13(10-17(16)21-2)18(19)15-11-14(15)12-6-4-3-5-7-12/h3-10,14-15H,11H2,1-2H3. The van der Waals surface area contributed by atoms with Gasteiger partial charge in [-0.05, 0) is 36.1 Å². The fraction of sp³-hybridized carbons (Fsp3) is 0.278. The van der Waals surface area contributed by atoms with E-state index in [0.29, 0.717) is 23.0 Å². The van der Waals surface area contributed by atoms with Crippen LogP contribution in [0.3, 0.4) is 0 Å². The van der Waals surface area contributed by atoms with Crippen LogP contribution in [-0.2, 0) is 0 Å². The van der Waals surface area contributed by atoms with Crippen molar-refractivity contribution in [2.45, 2.75) is 12.3 Å².